The number of hydrogen-bond donors (Lipinski definition) is 0. The Morgan fingerprint density at radius 2 is 1.80 bits per heavy atom. The Kier molecular flexibility index (Phi) is 3.33. The van der Waals surface area contributed by atoms with Gasteiger partial charge in [-0.05, 0) is 29.8 Å². The summed E-state index contributed by atoms with van der Waals surface area (Å²) in [5.41, 5.74) is 0.553. The predicted octanol–water partition coefficient (Wildman–Crippen LogP) is 4.82. The van der Waals surface area contributed by atoms with Crippen LogP contribution in [-0.4, -0.2) is 12.6 Å². The van der Waals surface area contributed by atoms with Crippen LogP contribution in [0.2, 0.25) is 5.02 Å². The van der Waals surface area contributed by atoms with E-state index >= 15 is 0 Å². The zero-order chi connectivity index (χ0) is 14.1. The monoisotopic (exact) mass is 284 g/mol. The highest BCUT2D eigenvalue weighted by Gasteiger charge is 2.14. The van der Waals surface area contributed by atoms with Gasteiger partial charge in [0.15, 0.2) is 0 Å². The van der Waals surface area contributed by atoms with Crippen LogP contribution in [-0.2, 0) is 4.74 Å². The maximum Gasteiger partial charge on any atom is 0.338 e. The first-order chi connectivity index (χ1) is 9.72. The number of ether oxygens (including phenoxy) is 1. The zero-order valence-electron chi connectivity index (χ0n) is 11.0. The Labute approximate surface area is 121 Å². The zero-order valence-corrected chi connectivity index (χ0v) is 11.8. The number of rotatable bonds is 2. The molecule has 3 aromatic rings. The minimum Gasteiger partial charge on any atom is -0.462 e. The van der Waals surface area contributed by atoms with Gasteiger partial charge in [0, 0.05) is 10.8 Å². The van der Waals surface area contributed by atoms with Crippen LogP contribution in [0, 0.1) is 0 Å². The summed E-state index contributed by atoms with van der Waals surface area (Å²) in [6.07, 6.45) is 0. The van der Waals surface area contributed by atoms with E-state index in [-0.39, 0.29) is 5.97 Å². The fourth-order valence-corrected chi connectivity index (χ4v) is 2.76. The minimum absolute atomic E-state index is 0.315. The molecule has 0 amide bonds. The molecule has 0 unspecified atom stereocenters. The quantitative estimate of drug-likeness (QED) is 0.498. The van der Waals surface area contributed by atoms with Gasteiger partial charge in [-0.15, -0.1) is 0 Å². The summed E-state index contributed by atoms with van der Waals surface area (Å²) in [5, 5.41) is 4.37. The third-order valence-electron chi connectivity index (χ3n) is 3.34. The normalized spacial score (nSPS) is 10.9. The summed E-state index contributed by atoms with van der Waals surface area (Å²) in [6, 6.07) is 15.4. The maximum atomic E-state index is 12.0. The van der Waals surface area contributed by atoms with Crippen LogP contribution in [0.1, 0.15) is 17.3 Å². The van der Waals surface area contributed by atoms with Gasteiger partial charge < -0.3 is 4.74 Å². The van der Waals surface area contributed by atoms with Gasteiger partial charge in [-0.25, -0.2) is 4.79 Å². The molecule has 0 saturated carbocycles. The molecule has 0 aliphatic carbocycles. The van der Waals surface area contributed by atoms with Crippen molar-refractivity contribution >= 4 is 39.1 Å². The molecular weight excluding hydrogens is 272 g/mol. The number of benzene rings is 3. The Morgan fingerprint density at radius 1 is 1.05 bits per heavy atom. The van der Waals surface area contributed by atoms with Crippen molar-refractivity contribution in [2.45, 2.75) is 6.92 Å². The lowest BCUT2D eigenvalue weighted by Crippen LogP contribution is -2.05. The highest BCUT2D eigenvalue weighted by Crippen LogP contribution is 2.34. The molecule has 20 heavy (non-hydrogen) atoms. The molecule has 0 N–H and O–H groups in total. The highest BCUT2D eigenvalue weighted by atomic mass is 35.5. The van der Waals surface area contributed by atoms with Gasteiger partial charge in [0.05, 0.1) is 17.2 Å². The van der Waals surface area contributed by atoms with E-state index in [2.05, 4.69) is 0 Å². The van der Waals surface area contributed by atoms with Gasteiger partial charge in [-0.2, -0.15) is 0 Å². The van der Waals surface area contributed by atoms with Gasteiger partial charge in [0.1, 0.15) is 0 Å². The number of hydrogen-bond acceptors (Lipinski definition) is 2. The number of halogens is 1. The Bertz CT molecular complexity index is 809. The van der Waals surface area contributed by atoms with Crippen molar-refractivity contribution in [2.24, 2.45) is 0 Å². The maximum absolute atomic E-state index is 12.0. The predicted molar refractivity (Wildman–Crippen MR) is 82.4 cm³/mol. The number of esters is 1. The molecule has 0 heterocycles. The van der Waals surface area contributed by atoms with E-state index in [0.717, 1.165) is 21.5 Å². The van der Waals surface area contributed by atoms with Crippen molar-refractivity contribution in [3.05, 3.63) is 59.1 Å². The number of carbonyl (C=O) groups is 1. The van der Waals surface area contributed by atoms with Crippen molar-refractivity contribution < 1.29 is 9.53 Å². The molecule has 0 atom stereocenters. The molecule has 0 spiro atoms. The second-order valence-electron chi connectivity index (χ2n) is 4.53. The van der Waals surface area contributed by atoms with Crippen LogP contribution in [0.5, 0.6) is 0 Å². The van der Waals surface area contributed by atoms with Crippen LogP contribution in [0.25, 0.3) is 21.5 Å². The Balaban J connectivity index is 2.37. The standard InChI is InChI=1S/C17H13ClO2/c1-2-20-17(19)14-9-5-8-13-15(14)10-11-6-3-4-7-12(11)16(13)18/h3-10H,2H2,1H3. The fourth-order valence-electron chi connectivity index (χ4n) is 2.42. The molecule has 0 bridgehead atoms. The number of carbonyl (C=O) groups excluding carboxylic acids is 1. The molecule has 100 valence electrons. The van der Waals surface area contributed by atoms with Crippen LogP contribution in [0.3, 0.4) is 0 Å². The van der Waals surface area contributed by atoms with E-state index in [1.54, 1.807) is 13.0 Å². The summed E-state index contributed by atoms with van der Waals surface area (Å²) >= 11 is 6.48. The molecule has 0 fully saturated rings. The van der Waals surface area contributed by atoms with Crippen molar-refractivity contribution in [3.8, 4) is 0 Å². The fraction of sp³-hybridized carbons (Fsp3) is 0.118. The summed E-state index contributed by atoms with van der Waals surface area (Å²) in [4.78, 5) is 12.0. The lowest BCUT2D eigenvalue weighted by molar-refractivity contribution is 0.0528. The van der Waals surface area contributed by atoms with Crippen LogP contribution in [0.15, 0.2) is 48.5 Å². The van der Waals surface area contributed by atoms with Gasteiger partial charge in [-0.3, -0.25) is 0 Å². The minimum atomic E-state index is -0.315. The van der Waals surface area contributed by atoms with Gasteiger partial charge in [0.2, 0.25) is 0 Å². The largest absolute Gasteiger partial charge is 0.462 e. The lowest BCUT2D eigenvalue weighted by Gasteiger charge is -2.10. The molecule has 2 nitrogen and oxygen atoms in total. The van der Waals surface area contributed by atoms with E-state index in [1.165, 1.54) is 0 Å². The number of fused-ring (bicyclic) bond motifs is 2. The van der Waals surface area contributed by atoms with Crippen LogP contribution in [0.4, 0.5) is 0 Å². The first-order valence-corrected chi connectivity index (χ1v) is 6.87. The second-order valence-corrected chi connectivity index (χ2v) is 4.91. The average molecular weight is 285 g/mol. The summed E-state index contributed by atoms with van der Waals surface area (Å²) in [6.45, 7) is 2.15. The van der Waals surface area contributed by atoms with E-state index in [0.29, 0.717) is 17.2 Å². The molecule has 3 heteroatoms. The SMILES string of the molecule is CCOC(=O)c1cccc2c(Cl)c3ccccc3cc12. The van der Waals surface area contributed by atoms with Gasteiger partial charge in [0.25, 0.3) is 0 Å². The lowest BCUT2D eigenvalue weighted by atomic mass is 9.99. The molecule has 0 aromatic heterocycles. The van der Waals surface area contributed by atoms with E-state index in [1.807, 2.05) is 42.5 Å². The Hall–Kier alpha value is -2.06. The van der Waals surface area contributed by atoms with Gasteiger partial charge >= 0.3 is 5.97 Å². The van der Waals surface area contributed by atoms with Crippen molar-refractivity contribution in [1.82, 2.24) is 0 Å². The highest BCUT2D eigenvalue weighted by molar-refractivity contribution is 6.41. The average Bonchev–Trinajstić information content (AvgIpc) is 2.47. The van der Waals surface area contributed by atoms with E-state index in [4.69, 9.17) is 16.3 Å². The molecule has 0 saturated heterocycles. The molecule has 3 aromatic carbocycles. The molecular formula is C17H13ClO2. The van der Waals surface area contributed by atoms with Crippen molar-refractivity contribution in [2.75, 3.05) is 6.61 Å². The molecule has 0 radical (unpaired) electrons. The molecule has 0 aliphatic rings. The summed E-state index contributed by atoms with van der Waals surface area (Å²) in [5.74, 6) is -0.315. The first-order valence-electron chi connectivity index (χ1n) is 6.49. The molecule has 0 aliphatic heterocycles. The third kappa shape index (κ3) is 2.02. The van der Waals surface area contributed by atoms with Crippen LogP contribution < -0.4 is 0 Å². The Morgan fingerprint density at radius 3 is 2.60 bits per heavy atom. The van der Waals surface area contributed by atoms with E-state index < -0.39 is 0 Å². The van der Waals surface area contributed by atoms with Gasteiger partial charge in [-0.1, -0.05) is 48.0 Å². The van der Waals surface area contributed by atoms with Crippen molar-refractivity contribution in [3.63, 3.8) is 0 Å². The second kappa shape index (κ2) is 5.14. The first kappa shape index (κ1) is 12.9. The van der Waals surface area contributed by atoms with E-state index in [9.17, 15) is 4.79 Å². The van der Waals surface area contributed by atoms with Crippen molar-refractivity contribution in [1.29, 1.82) is 0 Å². The topological polar surface area (TPSA) is 26.3 Å². The third-order valence-corrected chi connectivity index (χ3v) is 3.74. The summed E-state index contributed by atoms with van der Waals surface area (Å²) in [7, 11) is 0. The summed E-state index contributed by atoms with van der Waals surface area (Å²) < 4.78 is 5.11. The molecule has 3 rings (SSSR count). The van der Waals surface area contributed by atoms with Crippen LogP contribution >= 0.6 is 11.6 Å². The smallest absolute Gasteiger partial charge is 0.338 e.